The Bertz CT molecular complexity index is 3740. The molecule has 0 saturated heterocycles. The van der Waals surface area contributed by atoms with E-state index in [0.29, 0.717) is 41.1 Å². The summed E-state index contributed by atoms with van der Waals surface area (Å²) < 4.78 is 85.1. The lowest BCUT2D eigenvalue weighted by atomic mass is 9.82. The molecule has 5 aliphatic rings. The third-order valence-electron chi connectivity index (χ3n) is 15.7. The van der Waals surface area contributed by atoms with Crippen LogP contribution in [0.2, 0.25) is 0 Å². The SMILES string of the molecule is CC(C)(C)OC(=O)NC1CC(n2cc(C=O)cn2)C1.CC(C)(C)OC(=O)NC1CC(n2cc(CO)cn2)C1.CC1CC(NC(=O)OC(C)(C)C)C1.CO.CSF.Cl.NC1CC(n2cc(CO)cn2)C1.O=C(NC1CC(n2cc(CO)cn2)C1)c1cc(-c2ccccc2)on1.O=CC(F)(F)F.O=Cc1cn[nH]c1.[2H]CF. The third-order valence-corrected chi connectivity index (χ3v) is 15.7. The van der Waals surface area contributed by atoms with Gasteiger partial charge >= 0.3 is 24.5 Å². The van der Waals surface area contributed by atoms with Crippen molar-refractivity contribution in [1.82, 2.24) is 75.7 Å². The molecule has 12 rings (SSSR count). The molecule has 0 atom stereocenters. The van der Waals surface area contributed by atoms with Crippen molar-refractivity contribution < 1.29 is 95.5 Å². The summed E-state index contributed by atoms with van der Waals surface area (Å²) in [6.07, 6.45) is 22.1. The number of rotatable bonds is 15. The van der Waals surface area contributed by atoms with Crippen molar-refractivity contribution in [3.05, 3.63) is 132 Å². The molecule has 109 heavy (non-hydrogen) atoms. The summed E-state index contributed by atoms with van der Waals surface area (Å²) in [6.45, 7) is 18.9. The Morgan fingerprint density at radius 3 is 1.26 bits per heavy atom. The Hall–Kier alpha value is -9.14. The number of halogens is 6. The van der Waals surface area contributed by atoms with E-state index in [9.17, 15) is 50.2 Å². The first-order chi connectivity index (χ1) is 51.4. The number of aliphatic hydroxyl groups is 4. The van der Waals surface area contributed by atoms with Crippen molar-refractivity contribution in [2.45, 2.75) is 231 Å². The van der Waals surface area contributed by atoms with Gasteiger partial charge < -0.3 is 66.2 Å². The van der Waals surface area contributed by atoms with Crippen molar-refractivity contribution in [3.8, 4) is 11.3 Å². The van der Waals surface area contributed by atoms with Crippen LogP contribution in [0.5, 0.6) is 0 Å². The minimum atomic E-state index is -4.64. The van der Waals surface area contributed by atoms with E-state index in [4.69, 9.17) is 51.1 Å². The minimum absolute atomic E-state index is 0. The number of hydrogen-bond donors (Lipinski definition) is 10. The van der Waals surface area contributed by atoms with Gasteiger partial charge in [0.2, 0.25) is 6.29 Å². The number of H-pyrrole nitrogens is 1. The first kappa shape index (κ1) is 94.1. The van der Waals surface area contributed by atoms with Gasteiger partial charge in [-0.2, -0.15) is 42.6 Å². The number of alkyl halides is 4. The molecule has 6 aromatic heterocycles. The second-order valence-corrected chi connectivity index (χ2v) is 28.6. The van der Waals surface area contributed by atoms with E-state index in [1.54, 1.807) is 41.7 Å². The summed E-state index contributed by atoms with van der Waals surface area (Å²) >= 11 is 0.250. The van der Waals surface area contributed by atoms with Gasteiger partial charge in [-0.15, -0.1) is 12.4 Å². The van der Waals surface area contributed by atoms with Crippen LogP contribution in [-0.2, 0) is 38.8 Å². The summed E-state index contributed by atoms with van der Waals surface area (Å²) in [5.74, 6) is 1.09. The molecule has 7 aromatic rings. The minimum Gasteiger partial charge on any atom is -0.444 e. The molecule has 1 aromatic carbocycles. The monoisotopic (exact) mass is 1590 g/mol. The zero-order valence-corrected chi connectivity index (χ0v) is 64.8. The molecule has 38 heteroatoms. The van der Waals surface area contributed by atoms with E-state index in [1.165, 1.54) is 18.6 Å². The molecule has 6 heterocycles. The van der Waals surface area contributed by atoms with E-state index >= 15 is 0 Å². The number of nitrogens with two attached hydrogens (primary N) is 1. The van der Waals surface area contributed by atoms with E-state index in [0.717, 1.165) is 112 Å². The molecule has 5 fully saturated rings. The molecule has 0 bridgehead atoms. The Balaban J connectivity index is 0.000000443. The highest BCUT2D eigenvalue weighted by Gasteiger charge is 2.37. The summed E-state index contributed by atoms with van der Waals surface area (Å²) in [5.41, 5.74) is 9.12. The highest BCUT2D eigenvalue weighted by molar-refractivity contribution is 7.93. The van der Waals surface area contributed by atoms with E-state index < -0.39 is 30.8 Å². The van der Waals surface area contributed by atoms with Crippen LogP contribution in [-0.4, -0.2) is 192 Å². The maximum absolute atomic E-state index is 12.3. The molecular weight excluding hydrogens is 1480 g/mol. The standard InChI is InChI=1S/C18H18N4O3.C13H21N3O3.C13H19N3O3.C10H19NO2.C8H13N3O.C4H4N2O.C2HF3O.CH3FS.CH3F.CH4O.ClH/c23-11-12-9-19-22(10-12)15-6-14(7-15)20-18(24)16-8-17(25-21-16)13-4-2-1-3-5-13;2*1-13(2,3)19-12(18)15-10-4-11(5-10)16-7-9(8-17)6-14-16;1-7-5-8(6-7)11-9(12)13-10(2,3)4;9-7-1-8(2-7)11-4-6(5-12)3-10-11;7-3-4-1-5-6-2-4;3-2(4,5)1-6;1-3-2;2*1-2;/h1-5,8-10,14-15,23H,6-7,11H2,(H,20,24);6-7,10-11,17H,4-5,8H2,1-3H3,(H,15,18);6-8,10-11H,4-5H2,1-3H3,(H,15,18);7-8H,5-6H2,1-4H3,(H,11,12);3-4,7-8,12H,1-2,5,9H2;1-3H,(H,5,6);1H;1H3;1H3;2H,1H3;1H/i;;;;;;;;1D;;. The molecule has 608 valence electrons. The number of aromatic amines is 1. The molecule has 4 amide bonds. The number of benzene rings is 1. The van der Waals surface area contributed by atoms with Crippen LogP contribution in [0.3, 0.4) is 0 Å². The summed E-state index contributed by atoms with van der Waals surface area (Å²) in [7, 11) is 0. The maximum atomic E-state index is 12.3. The second-order valence-electron chi connectivity index (χ2n) is 28.3. The number of nitrogens with zero attached hydrogens (tertiary/aromatic N) is 10. The Morgan fingerprint density at radius 1 is 0.615 bits per heavy atom. The number of aldehydes is 3. The number of aliphatic hydroxyl groups excluding tert-OH is 4. The van der Waals surface area contributed by atoms with Crippen LogP contribution in [0.1, 0.15) is 207 Å². The summed E-state index contributed by atoms with van der Waals surface area (Å²) in [6, 6.07) is 13.5. The van der Waals surface area contributed by atoms with Gasteiger partial charge in [0, 0.05) is 115 Å². The van der Waals surface area contributed by atoms with Gasteiger partial charge in [-0.3, -0.25) is 47.4 Å². The highest BCUT2D eigenvalue weighted by Crippen LogP contribution is 2.35. The molecule has 0 spiro atoms. The zero-order chi connectivity index (χ0) is 81.7. The molecule has 0 unspecified atom stereocenters. The van der Waals surface area contributed by atoms with Crippen LogP contribution >= 0.6 is 24.6 Å². The fraction of sp³-hybridized carbons (Fsp3) is 0.563. The van der Waals surface area contributed by atoms with E-state index in [2.05, 4.69) is 63.9 Å². The smallest absolute Gasteiger partial charge is 0.444 e. The average molecular weight is 1590 g/mol. The van der Waals surface area contributed by atoms with Crippen molar-refractivity contribution in [2.75, 3.05) is 20.5 Å². The van der Waals surface area contributed by atoms with Crippen molar-refractivity contribution in [2.24, 2.45) is 11.7 Å². The van der Waals surface area contributed by atoms with Gasteiger partial charge in [-0.1, -0.05) is 42.4 Å². The average Bonchev–Trinajstić information content (AvgIpc) is 1.58. The molecule has 31 nitrogen and oxygen atoms in total. The van der Waals surface area contributed by atoms with Crippen molar-refractivity contribution in [3.63, 3.8) is 0 Å². The predicted molar refractivity (Wildman–Crippen MR) is 397 cm³/mol. The van der Waals surface area contributed by atoms with Crippen LogP contribution < -0.4 is 27.0 Å². The number of hydrogen-bond acceptors (Lipinski definition) is 23. The molecular formula is C71H106ClF5N16O15S. The Morgan fingerprint density at radius 2 is 0.963 bits per heavy atom. The number of amides is 4. The highest BCUT2D eigenvalue weighted by atomic mass is 35.5. The van der Waals surface area contributed by atoms with Gasteiger partial charge in [0.05, 0.1) is 94.6 Å². The van der Waals surface area contributed by atoms with Crippen molar-refractivity contribution >= 4 is 67.6 Å². The lowest BCUT2D eigenvalue weighted by Crippen LogP contribution is -2.46. The first-order valence-electron chi connectivity index (χ1n) is 35.1. The Labute approximate surface area is 642 Å². The van der Waals surface area contributed by atoms with Gasteiger partial charge in [0.25, 0.3) is 5.91 Å². The van der Waals surface area contributed by atoms with Gasteiger partial charge in [0.1, 0.15) is 16.8 Å². The third kappa shape index (κ3) is 36.8. The number of nitrogens with one attached hydrogen (secondary N) is 5. The molecule has 5 aliphatic carbocycles. The fourth-order valence-electron chi connectivity index (χ4n) is 10.3. The molecule has 0 aliphatic heterocycles. The number of ether oxygens (including phenoxy) is 3. The number of alkyl carbamates (subject to hydrolysis) is 3. The molecule has 5 saturated carbocycles. The zero-order valence-electron chi connectivity index (χ0n) is 64.2. The number of aromatic nitrogens is 11. The van der Waals surface area contributed by atoms with Crippen LogP contribution in [0.4, 0.5) is 35.8 Å². The number of carbonyl (C=O) groups excluding carboxylic acids is 7. The topological polar surface area (TPSA) is 428 Å². The second kappa shape index (κ2) is 47.7. The van der Waals surface area contributed by atoms with Crippen LogP contribution in [0.25, 0.3) is 11.3 Å². The maximum Gasteiger partial charge on any atom is 0.446 e. The van der Waals surface area contributed by atoms with Gasteiger partial charge in [0.15, 0.2) is 24.0 Å². The summed E-state index contributed by atoms with van der Waals surface area (Å²) in [4.78, 5) is 75.7. The number of carbonyl (C=O) groups is 7. The normalized spacial score (nSPS) is 20.3. The molecule has 11 N–H and O–H groups in total. The largest absolute Gasteiger partial charge is 0.446 e. The lowest BCUT2D eigenvalue weighted by Gasteiger charge is -2.36. The van der Waals surface area contributed by atoms with Crippen molar-refractivity contribution in [1.29, 1.82) is 0 Å². The quantitative estimate of drug-likeness (QED) is 0.0259. The lowest BCUT2D eigenvalue weighted by molar-refractivity contribution is -0.156. The van der Waals surface area contributed by atoms with Gasteiger partial charge in [-0.05, 0) is 132 Å². The van der Waals surface area contributed by atoms with Crippen LogP contribution in [0, 0.1) is 5.92 Å². The Kier molecular flexibility index (Phi) is 41.2. The first-order valence-corrected chi connectivity index (χ1v) is 35.5. The van der Waals surface area contributed by atoms with Gasteiger partial charge in [-0.25, -0.2) is 14.4 Å². The van der Waals surface area contributed by atoms with Crippen LogP contribution in [0.15, 0.2) is 103 Å². The summed E-state index contributed by atoms with van der Waals surface area (Å²) in [5, 5.41) is 71.9. The molecule has 0 radical (unpaired) electrons. The van der Waals surface area contributed by atoms with E-state index in [1.807, 2.05) is 125 Å². The fourth-order valence-corrected chi connectivity index (χ4v) is 10.3. The predicted octanol–water partition coefficient (Wildman–Crippen LogP) is 10.9. The van der Waals surface area contributed by atoms with E-state index in [-0.39, 0.29) is 110 Å².